The lowest BCUT2D eigenvalue weighted by atomic mass is 10.1. The van der Waals surface area contributed by atoms with Crippen molar-refractivity contribution in [2.45, 2.75) is 20.3 Å². The topological polar surface area (TPSA) is 74.2 Å². The Hall–Kier alpha value is -2.10. The maximum atomic E-state index is 12.3. The van der Waals surface area contributed by atoms with Gasteiger partial charge in [0.25, 0.3) is 0 Å². The first-order chi connectivity index (χ1) is 14.3. The number of halogens is 3. The van der Waals surface area contributed by atoms with Gasteiger partial charge in [0.05, 0.1) is 22.2 Å². The van der Waals surface area contributed by atoms with Crippen LogP contribution in [0.1, 0.15) is 31.4 Å². The molecule has 3 rings (SSSR count). The standard InChI is InChI=1S/C21H16Cl2INO5/c1-3-18(26)29-19-15(23)7-11(9-17(19)28-4-2)8-16-21(27)30-20(25-16)13-10-12(24)5-6-14(13)22/h5-10H,3-4H2,1-2H3. The zero-order valence-corrected chi connectivity index (χ0v) is 19.7. The number of rotatable bonds is 6. The van der Waals surface area contributed by atoms with Crippen LogP contribution in [0.25, 0.3) is 6.08 Å². The van der Waals surface area contributed by atoms with Crippen molar-refractivity contribution in [3.63, 3.8) is 0 Å². The van der Waals surface area contributed by atoms with Gasteiger partial charge in [-0.2, -0.15) is 0 Å². The average Bonchev–Trinajstić information content (AvgIpc) is 3.06. The van der Waals surface area contributed by atoms with Crippen molar-refractivity contribution >= 4 is 69.7 Å². The second-order valence-electron chi connectivity index (χ2n) is 6.05. The highest BCUT2D eigenvalue weighted by Crippen LogP contribution is 2.38. The molecule has 30 heavy (non-hydrogen) atoms. The van der Waals surface area contributed by atoms with Gasteiger partial charge in [-0.3, -0.25) is 4.79 Å². The van der Waals surface area contributed by atoms with E-state index in [1.807, 2.05) is 6.07 Å². The van der Waals surface area contributed by atoms with Gasteiger partial charge in [-0.25, -0.2) is 9.79 Å². The number of ether oxygens (including phenoxy) is 3. The molecule has 0 unspecified atom stereocenters. The summed E-state index contributed by atoms with van der Waals surface area (Å²) in [5, 5.41) is 0.595. The molecule has 0 amide bonds. The predicted molar refractivity (Wildman–Crippen MR) is 123 cm³/mol. The van der Waals surface area contributed by atoms with Gasteiger partial charge in [0.1, 0.15) is 0 Å². The third-order valence-corrected chi connectivity index (χ3v) is 5.20. The van der Waals surface area contributed by atoms with Crippen molar-refractivity contribution in [3.05, 3.63) is 60.8 Å². The van der Waals surface area contributed by atoms with Crippen LogP contribution >= 0.6 is 45.8 Å². The highest BCUT2D eigenvalue weighted by Gasteiger charge is 2.26. The normalized spacial score (nSPS) is 14.5. The van der Waals surface area contributed by atoms with Crippen LogP contribution in [0.4, 0.5) is 0 Å². The predicted octanol–water partition coefficient (Wildman–Crippen LogP) is 5.66. The molecule has 156 valence electrons. The fourth-order valence-corrected chi connectivity index (χ4v) is 3.51. The van der Waals surface area contributed by atoms with E-state index in [1.165, 1.54) is 6.08 Å². The second-order valence-corrected chi connectivity index (χ2v) is 8.11. The molecule has 0 saturated heterocycles. The second kappa shape index (κ2) is 9.80. The number of carbonyl (C=O) groups excluding carboxylic acids is 2. The molecule has 0 N–H and O–H groups in total. The number of cyclic esters (lactones) is 1. The fraction of sp³-hybridized carbons (Fsp3) is 0.190. The number of benzene rings is 2. The summed E-state index contributed by atoms with van der Waals surface area (Å²) < 4.78 is 17.0. The van der Waals surface area contributed by atoms with Crippen molar-refractivity contribution in [2.75, 3.05) is 6.61 Å². The van der Waals surface area contributed by atoms with Gasteiger partial charge < -0.3 is 14.2 Å². The molecule has 1 heterocycles. The van der Waals surface area contributed by atoms with Gasteiger partial charge in [-0.15, -0.1) is 0 Å². The Morgan fingerprint density at radius 2 is 1.97 bits per heavy atom. The fourth-order valence-electron chi connectivity index (χ4n) is 2.56. The summed E-state index contributed by atoms with van der Waals surface area (Å²) in [5.41, 5.74) is 1.14. The molecule has 0 aliphatic carbocycles. The monoisotopic (exact) mass is 559 g/mol. The van der Waals surface area contributed by atoms with Crippen molar-refractivity contribution in [1.82, 2.24) is 0 Å². The highest BCUT2D eigenvalue weighted by atomic mass is 127. The summed E-state index contributed by atoms with van der Waals surface area (Å²) in [6, 6.07) is 8.49. The minimum absolute atomic E-state index is 0.0803. The third kappa shape index (κ3) is 5.14. The summed E-state index contributed by atoms with van der Waals surface area (Å²) in [6.45, 7) is 3.81. The van der Waals surface area contributed by atoms with Gasteiger partial charge >= 0.3 is 11.9 Å². The number of carbonyl (C=O) groups is 2. The van der Waals surface area contributed by atoms with Crippen LogP contribution in [0.5, 0.6) is 11.5 Å². The summed E-state index contributed by atoms with van der Waals surface area (Å²) >= 11 is 14.6. The quantitative estimate of drug-likeness (QED) is 0.198. The molecule has 0 spiro atoms. The van der Waals surface area contributed by atoms with Crippen molar-refractivity contribution in [1.29, 1.82) is 0 Å². The molecule has 1 aliphatic rings. The number of esters is 2. The maximum absolute atomic E-state index is 12.3. The molecule has 0 fully saturated rings. The van der Waals surface area contributed by atoms with Crippen LogP contribution in [-0.4, -0.2) is 24.4 Å². The Morgan fingerprint density at radius 3 is 2.67 bits per heavy atom. The van der Waals surface area contributed by atoms with E-state index in [-0.39, 0.29) is 34.5 Å². The van der Waals surface area contributed by atoms with Crippen LogP contribution < -0.4 is 9.47 Å². The van der Waals surface area contributed by atoms with Crippen LogP contribution in [-0.2, 0) is 14.3 Å². The number of aliphatic imine (C=N–C) groups is 1. The summed E-state index contributed by atoms with van der Waals surface area (Å²) in [7, 11) is 0. The molecule has 0 bridgehead atoms. The first-order valence-corrected chi connectivity index (χ1v) is 10.8. The zero-order chi connectivity index (χ0) is 21.8. The summed E-state index contributed by atoms with van der Waals surface area (Å²) in [5.74, 6) is -0.506. The van der Waals surface area contributed by atoms with Crippen LogP contribution in [0.3, 0.4) is 0 Å². The molecule has 9 heteroatoms. The van der Waals surface area contributed by atoms with Crippen molar-refractivity contribution in [2.24, 2.45) is 4.99 Å². The van der Waals surface area contributed by atoms with E-state index >= 15 is 0 Å². The van der Waals surface area contributed by atoms with Gasteiger partial charge in [0.15, 0.2) is 17.2 Å². The lowest BCUT2D eigenvalue weighted by Gasteiger charge is -2.13. The number of hydrogen-bond donors (Lipinski definition) is 0. The van der Waals surface area contributed by atoms with Crippen LogP contribution in [0.2, 0.25) is 10.0 Å². The molecule has 0 atom stereocenters. The first kappa shape index (κ1) is 22.6. The average molecular weight is 560 g/mol. The van der Waals surface area contributed by atoms with E-state index in [0.717, 1.165) is 3.57 Å². The minimum atomic E-state index is -0.615. The molecule has 6 nitrogen and oxygen atoms in total. The first-order valence-electron chi connectivity index (χ1n) is 8.97. The number of hydrogen-bond acceptors (Lipinski definition) is 6. The van der Waals surface area contributed by atoms with E-state index in [9.17, 15) is 9.59 Å². The third-order valence-electron chi connectivity index (χ3n) is 3.92. The van der Waals surface area contributed by atoms with E-state index in [2.05, 4.69) is 27.6 Å². The lowest BCUT2D eigenvalue weighted by molar-refractivity contribution is -0.134. The Morgan fingerprint density at radius 1 is 1.20 bits per heavy atom. The molecule has 0 saturated carbocycles. The Labute approximate surface area is 197 Å². The maximum Gasteiger partial charge on any atom is 0.363 e. The Balaban J connectivity index is 1.99. The summed E-state index contributed by atoms with van der Waals surface area (Å²) in [4.78, 5) is 28.3. The lowest BCUT2D eigenvalue weighted by Crippen LogP contribution is -2.08. The molecule has 2 aromatic rings. The van der Waals surface area contributed by atoms with Crippen LogP contribution in [0.15, 0.2) is 41.0 Å². The van der Waals surface area contributed by atoms with Crippen molar-refractivity contribution in [3.8, 4) is 11.5 Å². The summed E-state index contributed by atoms with van der Waals surface area (Å²) in [6.07, 6.45) is 1.70. The highest BCUT2D eigenvalue weighted by molar-refractivity contribution is 14.1. The molecular formula is C21H16Cl2INO5. The molecular weight excluding hydrogens is 544 g/mol. The van der Waals surface area contributed by atoms with E-state index < -0.39 is 11.9 Å². The van der Waals surface area contributed by atoms with E-state index in [1.54, 1.807) is 38.1 Å². The smallest absolute Gasteiger partial charge is 0.363 e. The van der Waals surface area contributed by atoms with Crippen molar-refractivity contribution < 1.29 is 23.8 Å². The molecule has 1 aliphatic heterocycles. The van der Waals surface area contributed by atoms with Gasteiger partial charge in [-0.05, 0) is 71.5 Å². The Bertz CT molecular complexity index is 1080. The van der Waals surface area contributed by atoms with Crippen LogP contribution in [0, 0.1) is 3.57 Å². The van der Waals surface area contributed by atoms with Gasteiger partial charge in [-0.1, -0.05) is 30.1 Å². The largest absolute Gasteiger partial charge is 0.490 e. The van der Waals surface area contributed by atoms with E-state index in [4.69, 9.17) is 37.4 Å². The molecule has 2 aromatic carbocycles. The molecule has 0 radical (unpaired) electrons. The van der Waals surface area contributed by atoms with E-state index in [0.29, 0.717) is 22.8 Å². The zero-order valence-electron chi connectivity index (χ0n) is 16.0. The minimum Gasteiger partial charge on any atom is -0.490 e. The van der Waals surface area contributed by atoms with Gasteiger partial charge in [0.2, 0.25) is 5.90 Å². The Kier molecular flexibility index (Phi) is 7.38. The SMILES string of the molecule is CCOc1cc(C=C2N=C(c3cc(I)ccc3Cl)OC2=O)cc(Cl)c1OC(=O)CC. The number of nitrogens with zero attached hydrogens (tertiary/aromatic N) is 1. The van der Waals surface area contributed by atoms with Gasteiger partial charge in [0, 0.05) is 9.99 Å². The molecule has 0 aromatic heterocycles.